The van der Waals surface area contributed by atoms with Gasteiger partial charge in [-0.25, -0.2) is 8.42 Å². The lowest BCUT2D eigenvalue weighted by molar-refractivity contribution is 0.102. The molecule has 0 fully saturated rings. The Kier molecular flexibility index (Phi) is 5.48. The Labute approximate surface area is 182 Å². The molecule has 0 aliphatic rings. The molecule has 4 aromatic carbocycles. The summed E-state index contributed by atoms with van der Waals surface area (Å²) >= 11 is 0. The van der Waals surface area contributed by atoms with Gasteiger partial charge in [0.15, 0.2) is 0 Å². The summed E-state index contributed by atoms with van der Waals surface area (Å²) in [5, 5.41) is 4.86. The maximum Gasteiger partial charge on any atom is 0.264 e. The highest BCUT2D eigenvalue weighted by Crippen LogP contribution is 2.28. The van der Waals surface area contributed by atoms with E-state index in [4.69, 9.17) is 0 Å². The van der Waals surface area contributed by atoms with Crippen molar-refractivity contribution in [2.75, 3.05) is 16.7 Å². The molecule has 0 bridgehead atoms. The van der Waals surface area contributed by atoms with Crippen molar-refractivity contribution < 1.29 is 13.2 Å². The van der Waals surface area contributed by atoms with E-state index in [9.17, 15) is 13.2 Å². The first kappa shape index (κ1) is 20.6. The van der Waals surface area contributed by atoms with Gasteiger partial charge in [-0.3, -0.25) is 9.10 Å². The van der Waals surface area contributed by atoms with Crippen LogP contribution in [-0.2, 0) is 10.0 Å². The summed E-state index contributed by atoms with van der Waals surface area (Å²) in [6.07, 6.45) is 0. The molecule has 6 heteroatoms. The molecular formula is C25H22N2O3S. The molecule has 0 aliphatic carbocycles. The first-order valence-corrected chi connectivity index (χ1v) is 11.3. The highest BCUT2D eigenvalue weighted by molar-refractivity contribution is 7.92. The van der Waals surface area contributed by atoms with Crippen molar-refractivity contribution in [1.82, 2.24) is 0 Å². The van der Waals surface area contributed by atoms with Crippen molar-refractivity contribution in [3.63, 3.8) is 0 Å². The van der Waals surface area contributed by atoms with Gasteiger partial charge in [-0.2, -0.15) is 0 Å². The average Bonchev–Trinajstić information content (AvgIpc) is 2.79. The number of hydrogen-bond donors (Lipinski definition) is 1. The Hall–Kier alpha value is -3.64. The molecule has 0 atom stereocenters. The lowest BCUT2D eigenvalue weighted by atomic mass is 10.1. The van der Waals surface area contributed by atoms with E-state index in [-0.39, 0.29) is 16.4 Å². The minimum absolute atomic E-state index is 0.171. The molecular weight excluding hydrogens is 408 g/mol. The molecule has 0 saturated heterocycles. The Morgan fingerprint density at radius 3 is 2.23 bits per heavy atom. The Morgan fingerprint density at radius 1 is 0.806 bits per heavy atom. The van der Waals surface area contributed by atoms with Gasteiger partial charge in [0.05, 0.1) is 16.1 Å². The summed E-state index contributed by atoms with van der Waals surface area (Å²) in [5.41, 5.74) is 2.22. The third-order valence-corrected chi connectivity index (χ3v) is 6.99. The summed E-state index contributed by atoms with van der Waals surface area (Å²) in [4.78, 5) is 13.3. The smallest absolute Gasteiger partial charge is 0.264 e. The van der Waals surface area contributed by atoms with Crippen molar-refractivity contribution in [2.45, 2.75) is 11.8 Å². The molecule has 0 unspecified atom stereocenters. The van der Waals surface area contributed by atoms with Crippen molar-refractivity contribution >= 4 is 38.1 Å². The van der Waals surface area contributed by atoms with Gasteiger partial charge >= 0.3 is 0 Å². The number of rotatable bonds is 5. The fourth-order valence-electron chi connectivity index (χ4n) is 3.46. The minimum Gasteiger partial charge on any atom is -0.321 e. The first-order valence-electron chi connectivity index (χ1n) is 9.82. The van der Waals surface area contributed by atoms with E-state index in [1.165, 1.54) is 7.05 Å². The second kappa shape index (κ2) is 8.24. The van der Waals surface area contributed by atoms with Gasteiger partial charge in [0, 0.05) is 18.1 Å². The molecule has 5 nitrogen and oxygen atoms in total. The van der Waals surface area contributed by atoms with E-state index >= 15 is 0 Å². The van der Waals surface area contributed by atoms with E-state index in [0.29, 0.717) is 11.4 Å². The molecule has 4 rings (SSSR count). The van der Waals surface area contributed by atoms with Crippen molar-refractivity contribution in [3.05, 3.63) is 102 Å². The molecule has 0 radical (unpaired) electrons. The molecule has 31 heavy (non-hydrogen) atoms. The average molecular weight is 431 g/mol. The van der Waals surface area contributed by atoms with Crippen LogP contribution in [0.1, 0.15) is 15.9 Å². The predicted octanol–water partition coefficient (Wildman–Crippen LogP) is 5.23. The number of carbonyl (C=O) groups is 1. The predicted molar refractivity (Wildman–Crippen MR) is 125 cm³/mol. The maximum atomic E-state index is 13.2. The number of sulfonamides is 1. The SMILES string of the molecule is Cc1ccc(S(=O)(=O)N(C)c2ccccc2C(=O)Nc2cccc3ccccc23)cc1. The number of amides is 1. The zero-order chi connectivity index (χ0) is 22.0. The van der Waals surface area contributed by atoms with Crippen LogP contribution in [0, 0.1) is 6.92 Å². The van der Waals surface area contributed by atoms with Crippen LogP contribution in [0.4, 0.5) is 11.4 Å². The van der Waals surface area contributed by atoms with Crippen molar-refractivity contribution in [2.24, 2.45) is 0 Å². The molecule has 0 aliphatic heterocycles. The number of para-hydroxylation sites is 1. The second-order valence-corrected chi connectivity index (χ2v) is 9.25. The van der Waals surface area contributed by atoms with E-state index in [1.54, 1.807) is 48.5 Å². The Morgan fingerprint density at radius 2 is 1.45 bits per heavy atom. The van der Waals surface area contributed by atoms with Gasteiger partial charge < -0.3 is 5.32 Å². The molecule has 1 amide bonds. The topological polar surface area (TPSA) is 66.5 Å². The largest absolute Gasteiger partial charge is 0.321 e. The van der Waals surface area contributed by atoms with Crippen LogP contribution in [0.3, 0.4) is 0 Å². The Bertz CT molecular complexity index is 1360. The minimum atomic E-state index is -3.82. The van der Waals surface area contributed by atoms with Crippen molar-refractivity contribution in [3.8, 4) is 0 Å². The van der Waals surface area contributed by atoms with Gasteiger partial charge in [-0.05, 0) is 42.6 Å². The summed E-state index contributed by atoms with van der Waals surface area (Å²) in [7, 11) is -2.36. The molecule has 0 spiro atoms. The van der Waals surface area contributed by atoms with Crippen LogP contribution in [0.5, 0.6) is 0 Å². The van der Waals surface area contributed by atoms with Crippen LogP contribution in [0.25, 0.3) is 10.8 Å². The zero-order valence-electron chi connectivity index (χ0n) is 17.2. The third-order valence-electron chi connectivity index (χ3n) is 5.21. The quantitative estimate of drug-likeness (QED) is 0.472. The van der Waals surface area contributed by atoms with Crippen LogP contribution in [-0.4, -0.2) is 21.4 Å². The van der Waals surface area contributed by atoms with Gasteiger partial charge in [0.2, 0.25) is 0 Å². The molecule has 0 heterocycles. The fourth-order valence-corrected chi connectivity index (χ4v) is 4.68. The molecule has 156 valence electrons. The van der Waals surface area contributed by atoms with Gasteiger partial charge in [-0.1, -0.05) is 66.2 Å². The molecule has 1 N–H and O–H groups in total. The fraction of sp³-hybridized carbons (Fsp3) is 0.0800. The van der Waals surface area contributed by atoms with E-state index < -0.39 is 10.0 Å². The van der Waals surface area contributed by atoms with Gasteiger partial charge in [0.1, 0.15) is 0 Å². The first-order chi connectivity index (χ1) is 14.9. The molecule has 4 aromatic rings. The molecule has 0 aromatic heterocycles. The highest BCUT2D eigenvalue weighted by atomic mass is 32.2. The number of anilines is 2. The monoisotopic (exact) mass is 430 g/mol. The standard InChI is InChI=1S/C25H22N2O3S/c1-18-14-16-20(17-15-18)31(29,30)27(2)24-13-6-5-11-22(24)25(28)26-23-12-7-9-19-8-3-4-10-21(19)23/h3-17H,1-2H3,(H,26,28). The van der Waals surface area contributed by atoms with E-state index in [0.717, 1.165) is 20.6 Å². The number of nitrogens with one attached hydrogen (secondary N) is 1. The number of benzene rings is 4. The van der Waals surface area contributed by atoms with E-state index in [1.807, 2.05) is 49.4 Å². The molecule has 0 saturated carbocycles. The van der Waals surface area contributed by atoms with Crippen molar-refractivity contribution in [1.29, 1.82) is 0 Å². The number of aryl methyl sites for hydroxylation is 1. The van der Waals surface area contributed by atoms with Crippen LogP contribution in [0.2, 0.25) is 0 Å². The lowest BCUT2D eigenvalue weighted by Gasteiger charge is -2.22. The third kappa shape index (κ3) is 4.02. The highest BCUT2D eigenvalue weighted by Gasteiger charge is 2.25. The van der Waals surface area contributed by atoms with Crippen LogP contribution >= 0.6 is 0 Å². The van der Waals surface area contributed by atoms with E-state index in [2.05, 4.69) is 5.32 Å². The van der Waals surface area contributed by atoms with Crippen LogP contribution < -0.4 is 9.62 Å². The summed E-state index contributed by atoms with van der Waals surface area (Å²) in [5.74, 6) is -0.377. The second-order valence-electron chi connectivity index (χ2n) is 7.28. The summed E-state index contributed by atoms with van der Waals surface area (Å²) in [6.45, 7) is 1.90. The number of nitrogens with zero attached hydrogens (tertiary/aromatic N) is 1. The van der Waals surface area contributed by atoms with Gasteiger partial charge in [-0.15, -0.1) is 0 Å². The summed E-state index contributed by atoms with van der Waals surface area (Å²) < 4.78 is 27.4. The van der Waals surface area contributed by atoms with Crippen LogP contribution in [0.15, 0.2) is 95.9 Å². The number of carbonyl (C=O) groups excluding carboxylic acids is 1. The summed E-state index contributed by atoms with van der Waals surface area (Å²) in [6, 6.07) is 26.8. The Balaban J connectivity index is 1.69. The lowest BCUT2D eigenvalue weighted by Crippen LogP contribution is -2.29. The number of fused-ring (bicyclic) bond motifs is 1. The maximum absolute atomic E-state index is 13.2. The van der Waals surface area contributed by atoms with Gasteiger partial charge in [0.25, 0.3) is 15.9 Å². The normalized spacial score (nSPS) is 11.3. The number of hydrogen-bond acceptors (Lipinski definition) is 3. The zero-order valence-corrected chi connectivity index (χ0v) is 18.1.